The van der Waals surface area contributed by atoms with Crippen molar-refractivity contribution in [1.82, 2.24) is 20.0 Å². The van der Waals surface area contributed by atoms with Gasteiger partial charge in [-0.05, 0) is 68.7 Å². The summed E-state index contributed by atoms with van der Waals surface area (Å²) in [4.78, 5) is 31.0. The highest BCUT2D eigenvalue weighted by Crippen LogP contribution is 2.34. The summed E-state index contributed by atoms with van der Waals surface area (Å²) in [5.41, 5.74) is 6.86. The lowest BCUT2D eigenvalue weighted by Gasteiger charge is -2.22. The lowest BCUT2D eigenvalue weighted by atomic mass is 9.99. The van der Waals surface area contributed by atoms with E-state index in [2.05, 4.69) is 15.6 Å². The number of fused-ring (bicyclic) bond motifs is 1. The number of aromatic nitrogens is 2. The molecule has 0 aliphatic heterocycles. The number of anilines is 1. The Morgan fingerprint density at radius 1 is 0.878 bits per heavy atom. The van der Waals surface area contributed by atoms with Crippen molar-refractivity contribution in [3.05, 3.63) is 77.1 Å². The van der Waals surface area contributed by atoms with E-state index in [1.807, 2.05) is 68.6 Å². The number of imidazole rings is 1. The Bertz CT molecular complexity index is 1590. The second-order valence-electron chi connectivity index (χ2n) is 10.0. The van der Waals surface area contributed by atoms with Gasteiger partial charge in [0.25, 0.3) is 11.8 Å². The standard InChI is InChI=1S/C31H34F3N5O2/c1-6-35-29(40)24-10-8-21(14-19(24)3)23-16-26(38(5)13-12-31(32,33)34)28-37-17-27(39(28)18-23)22-9-11-25(20(4)15-22)30(41)36-7-2/h8-11,14-18H,6-7,12-13H2,1-5H3,(H,35,40)(H,36,41). The molecular formula is C31H34F3N5O2. The van der Waals surface area contributed by atoms with Gasteiger partial charge in [-0.2, -0.15) is 13.2 Å². The van der Waals surface area contributed by atoms with Crippen LogP contribution in [0.4, 0.5) is 18.9 Å². The number of nitrogens with zero attached hydrogens (tertiary/aromatic N) is 3. The van der Waals surface area contributed by atoms with Crippen LogP contribution in [0.25, 0.3) is 28.0 Å². The summed E-state index contributed by atoms with van der Waals surface area (Å²) in [6.45, 7) is 8.21. The van der Waals surface area contributed by atoms with Gasteiger partial charge in [0.05, 0.1) is 24.0 Å². The number of carbonyl (C=O) groups is 2. The molecule has 2 amide bonds. The minimum absolute atomic E-state index is 0.156. The van der Waals surface area contributed by atoms with Gasteiger partial charge in [-0.3, -0.25) is 14.0 Å². The van der Waals surface area contributed by atoms with E-state index in [9.17, 15) is 22.8 Å². The quantitative estimate of drug-likeness (QED) is 0.254. The van der Waals surface area contributed by atoms with E-state index in [0.29, 0.717) is 35.6 Å². The van der Waals surface area contributed by atoms with Crippen molar-refractivity contribution in [3.63, 3.8) is 0 Å². The van der Waals surface area contributed by atoms with Crippen molar-refractivity contribution in [1.29, 1.82) is 0 Å². The molecule has 216 valence electrons. The molecule has 0 spiro atoms. The fraction of sp³-hybridized carbons (Fsp3) is 0.323. The van der Waals surface area contributed by atoms with E-state index in [1.165, 1.54) is 0 Å². The molecular weight excluding hydrogens is 531 g/mol. The van der Waals surface area contributed by atoms with Crippen molar-refractivity contribution < 1.29 is 22.8 Å². The van der Waals surface area contributed by atoms with Crippen molar-refractivity contribution in [2.45, 2.75) is 40.3 Å². The molecule has 0 atom stereocenters. The van der Waals surface area contributed by atoms with E-state index in [1.54, 1.807) is 30.3 Å². The van der Waals surface area contributed by atoms with Crippen LogP contribution < -0.4 is 15.5 Å². The van der Waals surface area contributed by atoms with Gasteiger partial charge in [0.15, 0.2) is 5.65 Å². The van der Waals surface area contributed by atoms with Crippen molar-refractivity contribution in [2.24, 2.45) is 0 Å². The van der Waals surface area contributed by atoms with E-state index >= 15 is 0 Å². The Morgan fingerprint density at radius 2 is 1.44 bits per heavy atom. The number of hydrogen-bond acceptors (Lipinski definition) is 4. The number of rotatable bonds is 9. The molecule has 4 rings (SSSR count). The van der Waals surface area contributed by atoms with Crippen molar-refractivity contribution >= 4 is 23.1 Å². The number of aryl methyl sites for hydroxylation is 2. The number of halogens is 3. The Morgan fingerprint density at radius 3 is 1.98 bits per heavy atom. The maximum atomic E-state index is 13.1. The van der Waals surface area contributed by atoms with Crippen LogP contribution in [0.3, 0.4) is 0 Å². The first kappa shape index (κ1) is 29.6. The summed E-state index contributed by atoms with van der Waals surface area (Å²) in [6, 6.07) is 12.8. The molecule has 10 heteroatoms. The van der Waals surface area contributed by atoms with Gasteiger partial charge in [-0.25, -0.2) is 4.98 Å². The number of amides is 2. The minimum Gasteiger partial charge on any atom is -0.371 e. The van der Waals surface area contributed by atoms with Crippen LogP contribution in [-0.4, -0.2) is 54.1 Å². The van der Waals surface area contributed by atoms with Crippen LogP contribution in [0, 0.1) is 13.8 Å². The highest BCUT2D eigenvalue weighted by atomic mass is 19.4. The molecule has 0 unspecified atom stereocenters. The van der Waals surface area contributed by atoms with Gasteiger partial charge in [0.1, 0.15) is 0 Å². The summed E-state index contributed by atoms with van der Waals surface area (Å²) in [5.74, 6) is -0.320. The van der Waals surface area contributed by atoms with Crippen molar-refractivity contribution in [3.8, 4) is 22.4 Å². The van der Waals surface area contributed by atoms with Gasteiger partial charge in [0, 0.05) is 55.1 Å². The largest absolute Gasteiger partial charge is 0.390 e. The molecule has 0 aliphatic carbocycles. The molecule has 2 aromatic carbocycles. The first-order chi connectivity index (χ1) is 19.4. The van der Waals surface area contributed by atoms with Crippen molar-refractivity contribution in [2.75, 3.05) is 31.6 Å². The Hall–Kier alpha value is -4.34. The molecule has 0 saturated carbocycles. The average molecular weight is 566 g/mol. The first-order valence-corrected chi connectivity index (χ1v) is 13.5. The number of benzene rings is 2. The number of nitrogens with one attached hydrogen (secondary N) is 2. The highest BCUT2D eigenvalue weighted by molar-refractivity contribution is 5.97. The van der Waals surface area contributed by atoms with Gasteiger partial charge >= 0.3 is 6.18 Å². The smallest absolute Gasteiger partial charge is 0.371 e. The summed E-state index contributed by atoms with van der Waals surface area (Å²) in [5, 5.41) is 5.62. The molecule has 0 saturated heterocycles. The van der Waals surface area contributed by atoms with E-state index in [4.69, 9.17) is 0 Å². The third-order valence-electron chi connectivity index (χ3n) is 6.97. The molecule has 2 aromatic heterocycles. The van der Waals surface area contributed by atoms with Crippen LogP contribution in [0.2, 0.25) is 0 Å². The molecule has 41 heavy (non-hydrogen) atoms. The number of alkyl halides is 3. The third kappa shape index (κ3) is 6.53. The second kappa shape index (κ2) is 12.0. The predicted octanol–water partition coefficient (Wildman–Crippen LogP) is 6.17. The minimum atomic E-state index is -4.29. The zero-order valence-corrected chi connectivity index (χ0v) is 23.8. The monoisotopic (exact) mass is 565 g/mol. The lowest BCUT2D eigenvalue weighted by molar-refractivity contribution is -0.132. The molecule has 4 aromatic rings. The van der Waals surface area contributed by atoms with E-state index < -0.39 is 12.6 Å². The zero-order chi connectivity index (χ0) is 29.9. The third-order valence-corrected chi connectivity index (χ3v) is 6.97. The summed E-state index contributed by atoms with van der Waals surface area (Å²) < 4.78 is 41.1. The van der Waals surface area contributed by atoms with Crippen LogP contribution in [0.15, 0.2) is 54.9 Å². The Kier molecular flexibility index (Phi) is 8.70. The molecule has 2 N–H and O–H groups in total. The summed E-state index contributed by atoms with van der Waals surface area (Å²) in [7, 11) is 1.62. The van der Waals surface area contributed by atoms with Gasteiger partial charge < -0.3 is 15.5 Å². The van der Waals surface area contributed by atoms with E-state index in [0.717, 1.165) is 33.5 Å². The Labute approximate surface area is 237 Å². The fourth-order valence-corrected chi connectivity index (χ4v) is 4.82. The van der Waals surface area contributed by atoms with Gasteiger partial charge in [0.2, 0.25) is 0 Å². The van der Waals surface area contributed by atoms with Crippen LogP contribution in [0.1, 0.15) is 52.1 Å². The normalized spacial score (nSPS) is 11.5. The number of hydrogen-bond donors (Lipinski definition) is 2. The summed E-state index contributed by atoms with van der Waals surface area (Å²) >= 11 is 0. The number of carbonyl (C=O) groups excluding carboxylic acids is 2. The second-order valence-corrected chi connectivity index (χ2v) is 10.0. The lowest BCUT2D eigenvalue weighted by Crippen LogP contribution is -2.24. The molecule has 2 heterocycles. The predicted molar refractivity (Wildman–Crippen MR) is 155 cm³/mol. The highest BCUT2D eigenvalue weighted by Gasteiger charge is 2.28. The van der Waals surface area contributed by atoms with Crippen LogP contribution in [0.5, 0.6) is 0 Å². The maximum absolute atomic E-state index is 13.1. The molecule has 0 bridgehead atoms. The molecule has 0 radical (unpaired) electrons. The van der Waals surface area contributed by atoms with Gasteiger partial charge in [-0.15, -0.1) is 0 Å². The Balaban J connectivity index is 1.85. The number of pyridine rings is 1. The van der Waals surface area contributed by atoms with E-state index in [-0.39, 0.29) is 18.4 Å². The van der Waals surface area contributed by atoms with Crippen LogP contribution >= 0.6 is 0 Å². The van der Waals surface area contributed by atoms with Gasteiger partial charge in [-0.1, -0.05) is 18.2 Å². The van der Waals surface area contributed by atoms with Crippen LogP contribution in [-0.2, 0) is 0 Å². The maximum Gasteiger partial charge on any atom is 0.390 e. The SMILES string of the molecule is CCNC(=O)c1ccc(-c2cc(N(C)CCC(F)(F)F)c3ncc(-c4ccc(C(=O)NCC)c(C)c4)n3c2)cc1C. The summed E-state index contributed by atoms with van der Waals surface area (Å²) in [6.07, 6.45) is -1.68. The topological polar surface area (TPSA) is 78.7 Å². The average Bonchev–Trinajstić information content (AvgIpc) is 3.35. The fourth-order valence-electron chi connectivity index (χ4n) is 4.82. The molecule has 7 nitrogen and oxygen atoms in total. The zero-order valence-electron chi connectivity index (χ0n) is 23.8. The first-order valence-electron chi connectivity index (χ1n) is 13.5. The molecule has 0 fully saturated rings. The molecule has 0 aliphatic rings.